The fraction of sp³-hybridized carbons (Fsp3) is 0.667. The van der Waals surface area contributed by atoms with E-state index in [-0.39, 0.29) is 13.0 Å². The van der Waals surface area contributed by atoms with Gasteiger partial charge in [-0.1, -0.05) is 6.92 Å². The number of fused-ring (bicyclic) bond motifs is 1. The van der Waals surface area contributed by atoms with Crippen LogP contribution in [0.15, 0.2) is 18.2 Å². The molecule has 0 saturated heterocycles. The van der Waals surface area contributed by atoms with Crippen molar-refractivity contribution in [1.82, 2.24) is 4.31 Å². The Bertz CT molecular complexity index is 762. The van der Waals surface area contributed by atoms with Crippen molar-refractivity contribution in [3.05, 3.63) is 23.8 Å². The number of benzene rings is 1. The molecule has 0 N–H and O–H groups in total. The van der Waals surface area contributed by atoms with Crippen LogP contribution in [0.4, 0.5) is 13.2 Å². The molecular weight excluding hydrogens is 383 g/mol. The summed E-state index contributed by atoms with van der Waals surface area (Å²) in [5.41, 5.74) is 0.111. The van der Waals surface area contributed by atoms with E-state index in [9.17, 15) is 21.6 Å². The summed E-state index contributed by atoms with van der Waals surface area (Å²) in [5.74, 6) is 0.953. The lowest BCUT2D eigenvalue weighted by Gasteiger charge is -2.41. The summed E-state index contributed by atoms with van der Waals surface area (Å²) < 4.78 is 74.0. The molecule has 1 aromatic carbocycles. The van der Waals surface area contributed by atoms with Crippen molar-refractivity contribution in [2.75, 3.05) is 19.4 Å². The van der Waals surface area contributed by atoms with E-state index in [0.29, 0.717) is 30.0 Å². The number of ether oxygens (including phenoxy) is 2. The van der Waals surface area contributed by atoms with Gasteiger partial charge in [-0.25, -0.2) is 8.42 Å². The van der Waals surface area contributed by atoms with Crippen LogP contribution in [0.2, 0.25) is 0 Å². The van der Waals surface area contributed by atoms with Gasteiger partial charge in [0.15, 0.2) is 0 Å². The Hall–Kier alpha value is -1.48. The molecule has 1 atom stereocenters. The molecular formula is C18H26F3NO4S. The number of hydrogen-bond donors (Lipinski definition) is 0. The quantitative estimate of drug-likeness (QED) is 0.631. The zero-order valence-electron chi connectivity index (χ0n) is 16.0. The highest BCUT2D eigenvalue weighted by Gasteiger charge is 2.39. The van der Waals surface area contributed by atoms with Crippen LogP contribution >= 0.6 is 0 Å². The summed E-state index contributed by atoms with van der Waals surface area (Å²) in [4.78, 5) is 0. The van der Waals surface area contributed by atoms with E-state index in [4.69, 9.17) is 9.47 Å². The molecule has 0 bridgehead atoms. The highest BCUT2D eigenvalue weighted by molar-refractivity contribution is 7.88. The van der Waals surface area contributed by atoms with Gasteiger partial charge in [-0.05, 0) is 38.5 Å². The van der Waals surface area contributed by atoms with Crippen LogP contribution in [0.3, 0.4) is 0 Å². The molecule has 154 valence electrons. The standard InChI is InChI=1S/C18H26F3NO4S/c1-5-22(27(4,23)24)15-12-17(2,3)26-16-8-7-13(11-14(15)16)25-10-6-9-18(19,20)21/h7-8,11,15H,5-6,9-10,12H2,1-4H3. The van der Waals surface area contributed by atoms with E-state index in [2.05, 4.69) is 0 Å². The molecule has 27 heavy (non-hydrogen) atoms. The molecule has 9 heteroatoms. The molecule has 0 radical (unpaired) electrons. The maximum Gasteiger partial charge on any atom is 0.389 e. The lowest BCUT2D eigenvalue weighted by Crippen LogP contribution is -2.43. The first-order valence-electron chi connectivity index (χ1n) is 8.82. The van der Waals surface area contributed by atoms with Gasteiger partial charge in [-0.3, -0.25) is 0 Å². The average Bonchev–Trinajstić information content (AvgIpc) is 2.49. The van der Waals surface area contributed by atoms with Crippen LogP contribution in [0.1, 0.15) is 51.6 Å². The van der Waals surface area contributed by atoms with Crippen LogP contribution in [0, 0.1) is 0 Å². The van der Waals surface area contributed by atoms with Gasteiger partial charge in [-0.15, -0.1) is 0 Å². The Labute approximate surface area is 158 Å². The number of hydrogen-bond acceptors (Lipinski definition) is 4. The Morgan fingerprint density at radius 1 is 1.33 bits per heavy atom. The van der Waals surface area contributed by atoms with Crippen molar-refractivity contribution >= 4 is 10.0 Å². The van der Waals surface area contributed by atoms with Crippen molar-refractivity contribution in [3.63, 3.8) is 0 Å². The predicted octanol–water partition coefficient (Wildman–Crippen LogP) is 4.29. The molecule has 1 heterocycles. The van der Waals surface area contributed by atoms with Gasteiger partial charge in [0.2, 0.25) is 10.0 Å². The topological polar surface area (TPSA) is 55.8 Å². The molecule has 0 aromatic heterocycles. The Morgan fingerprint density at radius 3 is 2.56 bits per heavy atom. The average molecular weight is 409 g/mol. The summed E-state index contributed by atoms with van der Waals surface area (Å²) in [6.45, 7) is 5.77. The Kier molecular flexibility index (Phi) is 6.36. The molecule has 5 nitrogen and oxygen atoms in total. The maximum atomic E-state index is 12.2. The molecule has 0 aliphatic carbocycles. The molecule has 1 aromatic rings. The van der Waals surface area contributed by atoms with Gasteiger partial charge in [-0.2, -0.15) is 17.5 Å². The van der Waals surface area contributed by atoms with Crippen molar-refractivity contribution in [2.45, 2.75) is 57.9 Å². The second-order valence-corrected chi connectivity index (χ2v) is 9.25. The summed E-state index contributed by atoms with van der Waals surface area (Å²) in [7, 11) is -3.45. The first-order valence-corrected chi connectivity index (χ1v) is 10.7. The molecule has 0 saturated carbocycles. The number of rotatable bonds is 7. The maximum absolute atomic E-state index is 12.2. The van der Waals surface area contributed by atoms with Gasteiger partial charge in [0.25, 0.3) is 0 Å². The third kappa shape index (κ3) is 6.00. The first-order chi connectivity index (χ1) is 12.3. The van der Waals surface area contributed by atoms with Crippen LogP contribution in [0.5, 0.6) is 11.5 Å². The third-order valence-corrected chi connectivity index (χ3v) is 5.73. The minimum absolute atomic E-state index is 0.0706. The van der Waals surface area contributed by atoms with Crippen LogP contribution in [-0.2, 0) is 10.0 Å². The highest BCUT2D eigenvalue weighted by Crippen LogP contribution is 2.44. The second-order valence-electron chi connectivity index (χ2n) is 7.31. The van der Waals surface area contributed by atoms with Crippen LogP contribution in [0.25, 0.3) is 0 Å². The number of halogens is 3. The summed E-state index contributed by atoms with van der Waals surface area (Å²) >= 11 is 0. The van der Waals surface area contributed by atoms with E-state index in [1.807, 2.05) is 13.8 Å². The minimum atomic E-state index is -4.21. The SMILES string of the molecule is CCN(C1CC(C)(C)Oc2ccc(OCCCC(F)(F)F)cc21)S(C)(=O)=O. The van der Waals surface area contributed by atoms with Crippen molar-refractivity contribution in [3.8, 4) is 11.5 Å². The number of sulfonamides is 1. The first kappa shape index (κ1) is 21.8. The Balaban J connectivity index is 2.25. The smallest absolute Gasteiger partial charge is 0.389 e. The fourth-order valence-electron chi connectivity index (χ4n) is 3.29. The van der Waals surface area contributed by atoms with Crippen molar-refractivity contribution < 1.29 is 31.1 Å². The predicted molar refractivity (Wildman–Crippen MR) is 96.5 cm³/mol. The minimum Gasteiger partial charge on any atom is -0.494 e. The van der Waals surface area contributed by atoms with E-state index < -0.39 is 34.3 Å². The lowest BCUT2D eigenvalue weighted by molar-refractivity contribution is -0.136. The van der Waals surface area contributed by atoms with E-state index in [0.717, 1.165) is 6.26 Å². The van der Waals surface area contributed by atoms with Crippen molar-refractivity contribution in [1.29, 1.82) is 0 Å². The van der Waals surface area contributed by atoms with E-state index >= 15 is 0 Å². The third-order valence-electron chi connectivity index (χ3n) is 4.37. The normalized spacial score (nSPS) is 19.5. The molecule has 1 aliphatic heterocycles. The largest absolute Gasteiger partial charge is 0.494 e. The molecule has 0 amide bonds. The van der Waals surface area contributed by atoms with Crippen molar-refractivity contribution in [2.24, 2.45) is 0 Å². The van der Waals surface area contributed by atoms with Gasteiger partial charge >= 0.3 is 6.18 Å². The monoisotopic (exact) mass is 409 g/mol. The highest BCUT2D eigenvalue weighted by atomic mass is 32.2. The number of alkyl halides is 3. The second kappa shape index (κ2) is 7.87. The molecule has 1 unspecified atom stereocenters. The van der Waals surface area contributed by atoms with E-state index in [1.165, 1.54) is 4.31 Å². The fourth-order valence-corrected chi connectivity index (χ4v) is 4.41. The summed E-state index contributed by atoms with van der Waals surface area (Å²) in [6.07, 6.45) is -3.64. The van der Waals surface area contributed by atoms with Gasteiger partial charge in [0.1, 0.15) is 17.1 Å². The Morgan fingerprint density at radius 2 is 2.00 bits per heavy atom. The molecule has 0 spiro atoms. The van der Waals surface area contributed by atoms with Gasteiger partial charge < -0.3 is 9.47 Å². The van der Waals surface area contributed by atoms with Crippen LogP contribution in [-0.4, -0.2) is 43.9 Å². The number of nitrogens with zero attached hydrogens (tertiary/aromatic N) is 1. The lowest BCUT2D eigenvalue weighted by atomic mass is 9.89. The van der Waals surface area contributed by atoms with Crippen LogP contribution < -0.4 is 9.47 Å². The van der Waals surface area contributed by atoms with Gasteiger partial charge in [0.05, 0.1) is 18.9 Å². The molecule has 2 rings (SSSR count). The zero-order valence-corrected chi connectivity index (χ0v) is 16.8. The molecule has 0 fully saturated rings. The summed E-state index contributed by atoms with van der Waals surface area (Å²) in [6, 6.07) is 4.54. The zero-order chi connectivity index (χ0) is 20.5. The van der Waals surface area contributed by atoms with Gasteiger partial charge in [0, 0.05) is 24.9 Å². The molecule has 1 aliphatic rings. The van der Waals surface area contributed by atoms with E-state index in [1.54, 1.807) is 25.1 Å². The summed E-state index contributed by atoms with van der Waals surface area (Å²) in [5, 5.41) is 0.